The minimum absolute atomic E-state index is 0.293. The maximum atomic E-state index is 12.1. The summed E-state index contributed by atoms with van der Waals surface area (Å²) in [6.45, 7) is 8.10. The maximum absolute atomic E-state index is 12.1. The van der Waals surface area contributed by atoms with Crippen molar-refractivity contribution in [1.82, 2.24) is 10.2 Å². The Morgan fingerprint density at radius 2 is 1.94 bits per heavy atom. The van der Waals surface area contributed by atoms with Crippen LogP contribution in [0.4, 0.5) is 0 Å². The first-order valence-corrected chi connectivity index (χ1v) is 7.16. The molecule has 0 aromatic rings. The minimum atomic E-state index is 0.293. The van der Waals surface area contributed by atoms with Crippen molar-refractivity contribution in [3.63, 3.8) is 0 Å². The summed E-state index contributed by atoms with van der Waals surface area (Å²) in [7, 11) is 0. The average Bonchev–Trinajstić information content (AvgIpc) is 3.08. The first-order chi connectivity index (χ1) is 8.13. The predicted octanol–water partition coefficient (Wildman–Crippen LogP) is 2.02. The van der Waals surface area contributed by atoms with Crippen molar-refractivity contribution in [1.29, 1.82) is 0 Å². The van der Waals surface area contributed by atoms with Crippen LogP contribution in [0.15, 0.2) is 0 Å². The summed E-state index contributed by atoms with van der Waals surface area (Å²) in [5.41, 5.74) is 0. The minimum Gasteiger partial charge on any atom is -0.339 e. The van der Waals surface area contributed by atoms with Crippen LogP contribution in [-0.4, -0.2) is 36.0 Å². The van der Waals surface area contributed by atoms with E-state index in [2.05, 4.69) is 26.1 Å². The summed E-state index contributed by atoms with van der Waals surface area (Å²) >= 11 is 0. The van der Waals surface area contributed by atoms with Gasteiger partial charge in [0.2, 0.25) is 5.91 Å². The summed E-state index contributed by atoms with van der Waals surface area (Å²) in [5, 5.41) is 3.47. The Bertz CT molecular complexity index is 275. The normalized spacial score (nSPS) is 32.8. The number of amides is 1. The van der Waals surface area contributed by atoms with E-state index in [9.17, 15) is 4.79 Å². The van der Waals surface area contributed by atoms with Crippen LogP contribution in [0.25, 0.3) is 0 Å². The van der Waals surface area contributed by atoms with Crippen LogP contribution in [0.5, 0.6) is 0 Å². The Morgan fingerprint density at radius 3 is 2.41 bits per heavy atom. The molecule has 98 valence electrons. The van der Waals surface area contributed by atoms with E-state index in [1.807, 2.05) is 4.90 Å². The van der Waals surface area contributed by atoms with Crippen LogP contribution in [0.3, 0.4) is 0 Å². The van der Waals surface area contributed by atoms with Gasteiger partial charge in [-0.15, -0.1) is 0 Å². The molecule has 1 N–H and O–H groups in total. The van der Waals surface area contributed by atoms with Crippen LogP contribution >= 0.6 is 0 Å². The standard InChI is InChI=1S/C14H26N2O/c1-4-16(12-6-7-12)14(17)9-15-13-8-5-10(2)11(13)3/h10-13,15H,4-9H2,1-3H3. The first kappa shape index (κ1) is 12.9. The second-order valence-electron chi connectivity index (χ2n) is 5.81. The van der Waals surface area contributed by atoms with Crippen LogP contribution in [0.2, 0.25) is 0 Å². The number of likely N-dealkylation sites (N-methyl/N-ethyl adjacent to an activating group) is 1. The second-order valence-corrected chi connectivity index (χ2v) is 5.81. The lowest BCUT2D eigenvalue weighted by atomic mass is 9.98. The van der Waals surface area contributed by atoms with E-state index < -0.39 is 0 Å². The second kappa shape index (κ2) is 5.38. The van der Waals surface area contributed by atoms with Gasteiger partial charge in [-0.25, -0.2) is 0 Å². The molecule has 2 saturated carbocycles. The van der Waals surface area contributed by atoms with Crippen molar-refractivity contribution in [2.45, 2.75) is 58.5 Å². The molecule has 0 aromatic carbocycles. The topological polar surface area (TPSA) is 32.3 Å². The zero-order valence-electron chi connectivity index (χ0n) is 11.4. The fourth-order valence-electron chi connectivity index (χ4n) is 3.00. The van der Waals surface area contributed by atoms with E-state index in [4.69, 9.17) is 0 Å². The van der Waals surface area contributed by atoms with E-state index >= 15 is 0 Å². The van der Waals surface area contributed by atoms with Crippen molar-refractivity contribution in [3.05, 3.63) is 0 Å². The Morgan fingerprint density at radius 1 is 1.24 bits per heavy atom. The van der Waals surface area contributed by atoms with Gasteiger partial charge in [-0.2, -0.15) is 0 Å². The summed E-state index contributed by atoms with van der Waals surface area (Å²) in [4.78, 5) is 14.1. The first-order valence-electron chi connectivity index (χ1n) is 7.16. The highest BCUT2D eigenvalue weighted by Crippen LogP contribution is 2.31. The molecule has 2 aliphatic carbocycles. The quantitative estimate of drug-likeness (QED) is 0.795. The molecule has 3 atom stereocenters. The zero-order chi connectivity index (χ0) is 12.4. The number of hydrogen-bond acceptors (Lipinski definition) is 2. The molecule has 0 radical (unpaired) electrons. The van der Waals surface area contributed by atoms with E-state index in [0.717, 1.165) is 12.5 Å². The third-order valence-corrected chi connectivity index (χ3v) is 4.63. The SMILES string of the molecule is CCN(C(=O)CNC1CCC(C)C1C)C1CC1. The van der Waals surface area contributed by atoms with Crippen LogP contribution in [0.1, 0.15) is 46.5 Å². The molecule has 0 spiro atoms. The molecule has 3 nitrogen and oxygen atoms in total. The molecule has 2 aliphatic rings. The number of nitrogens with one attached hydrogen (secondary N) is 1. The summed E-state index contributed by atoms with van der Waals surface area (Å²) in [6.07, 6.45) is 4.94. The fraction of sp³-hybridized carbons (Fsp3) is 0.929. The number of carbonyl (C=O) groups is 1. The largest absolute Gasteiger partial charge is 0.339 e. The third-order valence-electron chi connectivity index (χ3n) is 4.63. The van der Waals surface area contributed by atoms with Gasteiger partial charge in [-0.1, -0.05) is 13.8 Å². The van der Waals surface area contributed by atoms with E-state index in [1.165, 1.54) is 25.7 Å². The molecule has 3 unspecified atom stereocenters. The molecule has 2 rings (SSSR count). The summed E-state index contributed by atoms with van der Waals surface area (Å²) < 4.78 is 0. The van der Waals surface area contributed by atoms with E-state index in [-0.39, 0.29) is 0 Å². The number of carbonyl (C=O) groups excluding carboxylic acids is 1. The lowest BCUT2D eigenvalue weighted by molar-refractivity contribution is -0.130. The van der Waals surface area contributed by atoms with Gasteiger partial charge >= 0.3 is 0 Å². The van der Waals surface area contributed by atoms with Crippen molar-refractivity contribution >= 4 is 5.91 Å². The van der Waals surface area contributed by atoms with Gasteiger partial charge in [0.25, 0.3) is 0 Å². The lowest BCUT2D eigenvalue weighted by Gasteiger charge is -2.24. The number of nitrogens with zero attached hydrogens (tertiary/aromatic N) is 1. The van der Waals surface area contributed by atoms with Crippen LogP contribution in [0, 0.1) is 11.8 Å². The Labute approximate surface area is 105 Å². The fourth-order valence-corrected chi connectivity index (χ4v) is 3.00. The molecule has 0 saturated heterocycles. The number of hydrogen-bond donors (Lipinski definition) is 1. The maximum Gasteiger partial charge on any atom is 0.236 e. The molecular formula is C14H26N2O. The van der Waals surface area contributed by atoms with Gasteiger partial charge in [0.1, 0.15) is 0 Å². The van der Waals surface area contributed by atoms with Crippen LogP contribution in [-0.2, 0) is 4.79 Å². The molecule has 3 heteroatoms. The molecule has 17 heavy (non-hydrogen) atoms. The highest BCUT2D eigenvalue weighted by atomic mass is 16.2. The summed E-state index contributed by atoms with van der Waals surface area (Å²) in [5.74, 6) is 1.80. The van der Waals surface area contributed by atoms with Gasteiger partial charge in [0.05, 0.1) is 6.54 Å². The van der Waals surface area contributed by atoms with Gasteiger partial charge < -0.3 is 10.2 Å². The van der Waals surface area contributed by atoms with E-state index in [0.29, 0.717) is 30.5 Å². The van der Waals surface area contributed by atoms with Gasteiger partial charge in [-0.05, 0) is 44.4 Å². The smallest absolute Gasteiger partial charge is 0.236 e. The Hall–Kier alpha value is -0.570. The highest BCUT2D eigenvalue weighted by molar-refractivity contribution is 5.78. The monoisotopic (exact) mass is 238 g/mol. The number of rotatable bonds is 5. The van der Waals surface area contributed by atoms with Crippen molar-refractivity contribution < 1.29 is 4.79 Å². The van der Waals surface area contributed by atoms with Crippen molar-refractivity contribution in [2.75, 3.05) is 13.1 Å². The Kier molecular flexibility index (Phi) is 4.08. The highest BCUT2D eigenvalue weighted by Gasteiger charge is 2.33. The van der Waals surface area contributed by atoms with Crippen molar-refractivity contribution in [3.8, 4) is 0 Å². The average molecular weight is 238 g/mol. The third kappa shape index (κ3) is 3.01. The molecule has 2 fully saturated rings. The van der Waals surface area contributed by atoms with Crippen molar-refractivity contribution in [2.24, 2.45) is 11.8 Å². The van der Waals surface area contributed by atoms with E-state index in [1.54, 1.807) is 0 Å². The van der Waals surface area contributed by atoms with Gasteiger partial charge in [0.15, 0.2) is 0 Å². The summed E-state index contributed by atoms with van der Waals surface area (Å²) in [6, 6.07) is 1.10. The molecular weight excluding hydrogens is 212 g/mol. The lowest BCUT2D eigenvalue weighted by Crippen LogP contribution is -2.43. The zero-order valence-corrected chi connectivity index (χ0v) is 11.4. The predicted molar refractivity (Wildman–Crippen MR) is 69.8 cm³/mol. The Balaban J connectivity index is 1.75. The van der Waals surface area contributed by atoms with Gasteiger partial charge in [0, 0.05) is 18.6 Å². The van der Waals surface area contributed by atoms with Crippen LogP contribution < -0.4 is 5.32 Å². The molecule has 1 amide bonds. The molecule has 0 aliphatic heterocycles. The molecule has 0 bridgehead atoms. The molecule has 0 aromatic heterocycles. The molecule has 0 heterocycles. The van der Waals surface area contributed by atoms with Gasteiger partial charge in [-0.3, -0.25) is 4.79 Å².